The highest BCUT2D eigenvalue weighted by Gasteiger charge is 2.46. The van der Waals surface area contributed by atoms with Crippen LogP contribution in [-0.2, 0) is 11.2 Å². The molecule has 2 fully saturated rings. The summed E-state index contributed by atoms with van der Waals surface area (Å²) >= 11 is 0. The number of benzene rings is 1. The first-order valence-electron chi connectivity index (χ1n) is 18.0. The highest BCUT2D eigenvalue weighted by atomic mass is 16.5. The number of fused-ring (bicyclic) bond motifs is 2. The molecule has 46 heavy (non-hydrogen) atoms. The number of aliphatic imine (C=N–C) groups is 1. The van der Waals surface area contributed by atoms with Crippen LogP contribution in [0.5, 0.6) is 11.5 Å². The first kappa shape index (κ1) is 34.8. The van der Waals surface area contributed by atoms with Crippen molar-refractivity contribution in [3.63, 3.8) is 0 Å². The number of hydrogen-bond donors (Lipinski definition) is 5. The van der Waals surface area contributed by atoms with Crippen molar-refractivity contribution in [3.8, 4) is 11.5 Å². The van der Waals surface area contributed by atoms with Crippen LogP contribution in [0.25, 0.3) is 0 Å². The lowest BCUT2D eigenvalue weighted by molar-refractivity contribution is 0.102. The van der Waals surface area contributed by atoms with Crippen LogP contribution >= 0.6 is 0 Å². The molecule has 254 valence electrons. The third kappa shape index (κ3) is 9.54. The van der Waals surface area contributed by atoms with Gasteiger partial charge in [0.2, 0.25) is 0 Å². The maximum absolute atomic E-state index is 10.5. The number of nitrogens with one attached hydrogen (secondary N) is 1. The average Bonchev–Trinajstić information content (AvgIpc) is 3.77. The lowest BCUT2D eigenvalue weighted by Gasteiger charge is -2.24. The van der Waals surface area contributed by atoms with Gasteiger partial charge in [-0.1, -0.05) is 57.1 Å². The zero-order valence-corrected chi connectivity index (χ0v) is 27.9. The molecule has 2 heterocycles. The Morgan fingerprint density at radius 1 is 1.17 bits per heavy atom. The predicted octanol–water partition coefficient (Wildman–Crippen LogP) is 5.95. The molecule has 0 spiro atoms. The van der Waals surface area contributed by atoms with Gasteiger partial charge in [0.1, 0.15) is 12.2 Å². The monoisotopic (exact) mass is 635 g/mol. The number of rotatable bonds is 19. The summed E-state index contributed by atoms with van der Waals surface area (Å²) in [6.45, 7) is 4.57. The molecule has 4 aliphatic rings. The number of aryl methyl sites for hydroxylation is 1. The van der Waals surface area contributed by atoms with Crippen LogP contribution in [0.2, 0.25) is 0 Å². The number of ether oxygens (including phenoxy) is 2. The van der Waals surface area contributed by atoms with E-state index in [0.29, 0.717) is 37.2 Å². The molecule has 6 N–H and O–H groups in total. The zero-order valence-electron chi connectivity index (χ0n) is 27.9. The van der Waals surface area contributed by atoms with Gasteiger partial charge in [0.05, 0.1) is 24.5 Å². The van der Waals surface area contributed by atoms with E-state index >= 15 is 0 Å². The first-order valence-corrected chi connectivity index (χ1v) is 18.0. The second kappa shape index (κ2) is 17.6. The van der Waals surface area contributed by atoms with Crippen LogP contribution in [0.4, 0.5) is 0 Å². The third-order valence-corrected chi connectivity index (χ3v) is 10.3. The number of nitrogens with zero attached hydrogens (tertiary/aromatic N) is 1. The molecule has 0 bridgehead atoms. The summed E-state index contributed by atoms with van der Waals surface area (Å²) < 4.78 is 12.3. The van der Waals surface area contributed by atoms with Crippen LogP contribution in [0.3, 0.4) is 0 Å². The van der Waals surface area contributed by atoms with Crippen molar-refractivity contribution in [2.75, 3.05) is 32.8 Å². The highest BCUT2D eigenvalue weighted by Crippen LogP contribution is 2.47. The summed E-state index contributed by atoms with van der Waals surface area (Å²) in [6.07, 6.45) is 19.9. The van der Waals surface area contributed by atoms with Crippen molar-refractivity contribution >= 4 is 5.71 Å². The van der Waals surface area contributed by atoms with Crippen molar-refractivity contribution in [2.24, 2.45) is 28.5 Å². The molecule has 0 saturated heterocycles. The Hall–Kier alpha value is -2.49. The molecule has 2 aliphatic carbocycles. The number of aliphatic hydroxyl groups is 2. The number of aromatic hydroxyl groups is 1. The Morgan fingerprint density at radius 2 is 2.02 bits per heavy atom. The molecule has 1 aromatic carbocycles. The lowest BCUT2D eigenvalue weighted by Crippen LogP contribution is -2.34. The van der Waals surface area contributed by atoms with Crippen molar-refractivity contribution in [1.82, 2.24) is 5.32 Å². The summed E-state index contributed by atoms with van der Waals surface area (Å²) in [4.78, 5) is 5.07. The molecule has 1 aromatic rings. The Labute approximate surface area is 276 Å². The molecule has 8 nitrogen and oxygen atoms in total. The van der Waals surface area contributed by atoms with Crippen molar-refractivity contribution < 1.29 is 24.8 Å². The molecule has 5 rings (SSSR count). The van der Waals surface area contributed by atoms with E-state index in [1.54, 1.807) is 6.07 Å². The molecule has 2 saturated carbocycles. The molecular weight excluding hydrogens is 578 g/mol. The Balaban J connectivity index is 1.09. The molecular formula is C38H57N3O5. The van der Waals surface area contributed by atoms with E-state index < -0.39 is 0 Å². The molecule has 8 heteroatoms. The van der Waals surface area contributed by atoms with E-state index in [1.165, 1.54) is 49.8 Å². The van der Waals surface area contributed by atoms with Crippen LogP contribution in [-0.4, -0.2) is 66.1 Å². The topological polar surface area (TPSA) is 130 Å². The minimum absolute atomic E-state index is 0.0246. The smallest absolute Gasteiger partial charge is 0.189 e. The SMILES string of the molecule is C[C@H](O)CNC[C@@H]1C2=C[C+](CCOc3cc(CC[C-]4C=C(CO)C(CCCCCCCN)O4)ccc3O)N=C2CC[C@H]2CCC[C@@H]21. The van der Waals surface area contributed by atoms with Crippen LogP contribution < -0.4 is 15.8 Å². The maximum Gasteiger partial charge on any atom is 0.189 e. The number of phenolic OH excluding ortho intramolecular Hbond substituents is 1. The molecule has 0 aromatic heterocycles. The first-order chi connectivity index (χ1) is 22.4. The van der Waals surface area contributed by atoms with E-state index in [1.807, 2.05) is 25.1 Å². The number of aliphatic hydroxyl groups excluding tert-OH is 2. The summed E-state index contributed by atoms with van der Waals surface area (Å²) in [5, 5.41) is 33.7. The minimum Gasteiger partial charge on any atom is -0.504 e. The Morgan fingerprint density at radius 3 is 2.85 bits per heavy atom. The quantitative estimate of drug-likeness (QED) is 0.0938. The van der Waals surface area contributed by atoms with Crippen molar-refractivity contribution in [2.45, 2.75) is 109 Å². The summed E-state index contributed by atoms with van der Waals surface area (Å²) in [6, 6.07) is 6.63. The fourth-order valence-electron chi connectivity index (χ4n) is 7.88. The number of unbranched alkanes of at least 4 members (excludes halogenated alkanes) is 4. The van der Waals surface area contributed by atoms with E-state index in [0.717, 1.165) is 87.2 Å². The van der Waals surface area contributed by atoms with Gasteiger partial charge in [-0.15, -0.1) is 4.99 Å². The maximum atomic E-state index is 10.5. The van der Waals surface area contributed by atoms with Crippen LogP contribution in [0.15, 0.2) is 46.5 Å². The fraction of sp³-hybridized carbons (Fsp3) is 0.658. The summed E-state index contributed by atoms with van der Waals surface area (Å²) in [5.41, 5.74) is 10.3. The fourth-order valence-corrected chi connectivity index (χ4v) is 7.88. The zero-order chi connectivity index (χ0) is 32.3. The minimum atomic E-state index is -0.347. The van der Waals surface area contributed by atoms with Gasteiger partial charge in [0, 0.05) is 32.2 Å². The largest absolute Gasteiger partial charge is 0.504 e. The Bertz CT molecular complexity index is 1200. The molecule has 1 unspecified atom stereocenters. The van der Waals surface area contributed by atoms with Gasteiger partial charge in [-0.05, 0) is 75.1 Å². The second-order valence-electron chi connectivity index (χ2n) is 13.9. The summed E-state index contributed by atoms with van der Waals surface area (Å²) in [7, 11) is 0. The van der Waals surface area contributed by atoms with E-state index in [-0.39, 0.29) is 24.6 Å². The molecule has 5 atom stereocenters. The van der Waals surface area contributed by atoms with E-state index in [2.05, 4.69) is 11.4 Å². The van der Waals surface area contributed by atoms with Gasteiger partial charge in [-0.25, -0.2) is 0 Å². The lowest BCUT2D eigenvalue weighted by atomic mass is 9.80. The normalized spacial score (nSPS) is 24.7. The third-order valence-electron chi connectivity index (χ3n) is 10.3. The van der Waals surface area contributed by atoms with Crippen LogP contribution in [0, 0.1) is 29.9 Å². The van der Waals surface area contributed by atoms with E-state index in [4.69, 9.17) is 20.2 Å². The van der Waals surface area contributed by atoms with Crippen molar-refractivity contribution in [3.05, 3.63) is 59.2 Å². The van der Waals surface area contributed by atoms with Crippen molar-refractivity contribution in [1.29, 1.82) is 0 Å². The number of hydrogen-bond acceptors (Lipinski definition) is 8. The standard InChI is InChI=1S/C38H57N3O5/c1-26(43)23-40-24-34-32-9-7-8-28(32)13-15-35-33(34)22-30(41-35)17-19-45-38-20-27(12-16-36(38)44)11-14-31-21-29(25-42)37(46-31)10-5-3-2-4-6-18-39/h12,16,20-22,26,28,32,34,37,40,42-44H,2-11,13-15,17-19,23-25,39H2,1H3/t26-,28+,32-,34-,37?/m0/s1. The van der Waals surface area contributed by atoms with Gasteiger partial charge in [-0.3, -0.25) is 0 Å². The molecule has 2 aliphatic heterocycles. The number of phenols is 1. The van der Waals surface area contributed by atoms with Gasteiger partial charge in [-0.2, -0.15) is 11.6 Å². The van der Waals surface area contributed by atoms with Gasteiger partial charge in [0.15, 0.2) is 23.3 Å². The average molecular weight is 636 g/mol. The molecule has 0 amide bonds. The van der Waals surface area contributed by atoms with Gasteiger partial charge >= 0.3 is 0 Å². The Kier molecular flexibility index (Phi) is 13.3. The highest BCUT2D eigenvalue weighted by molar-refractivity contribution is 6.03. The predicted molar refractivity (Wildman–Crippen MR) is 183 cm³/mol. The van der Waals surface area contributed by atoms with E-state index in [9.17, 15) is 15.3 Å². The van der Waals surface area contributed by atoms with Gasteiger partial charge < -0.3 is 35.8 Å². The summed E-state index contributed by atoms with van der Waals surface area (Å²) in [5.74, 6) is 2.56. The second-order valence-corrected chi connectivity index (χ2v) is 13.9. The number of nitrogens with two attached hydrogens (primary N) is 1. The van der Waals surface area contributed by atoms with Crippen LogP contribution in [0.1, 0.15) is 96.0 Å². The molecule has 0 radical (unpaired) electrons. The van der Waals surface area contributed by atoms with Gasteiger partial charge in [0.25, 0.3) is 0 Å².